The molecule has 2 aromatic carbocycles. The summed E-state index contributed by atoms with van der Waals surface area (Å²) in [5.41, 5.74) is -2.28. The average molecular weight is 736 g/mol. The molecule has 2 aliphatic carbocycles. The number of amides is 4. The van der Waals surface area contributed by atoms with Gasteiger partial charge in [-0.2, -0.15) is 0 Å². The zero-order valence-corrected chi connectivity index (χ0v) is 30.7. The molecule has 3 aromatic rings. The molecule has 3 N–H and O–H groups in total. The molecule has 3 fully saturated rings. The second kappa shape index (κ2) is 14.2. The first-order chi connectivity index (χ1) is 24.6. The van der Waals surface area contributed by atoms with Crippen molar-refractivity contribution in [1.82, 2.24) is 25.2 Å². The molecule has 1 aromatic heterocycles. The average Bonchev–Trinajstić information content (AvgIpc) is 4.04. The number of benzene rings is 2. The Hall–Kier alpha value is -4.92. The van der Waals surface area contributed by atoms with Crippen LogP contribution < -0.4 is 29.6 Å². The first-order valence-electron chi connectivity index (χ1n) is 17.5. The molecule has 0 spiro atoms. The third kappa shape index (κ3) is 7.78. The van der Waals surface area contributed by atoms with Crippen molar-refractivity contribution in [2.45, 2.75) is 88.8 Å². The van der Waals surface area contributed by atoms with E-state index in [1.165, 1.54) is 12.0 Å². The lowest BCUT2D eigenvalue weighted by atomic mass is 9.85. The fraction of sp³-hybridized carbons (Fsp3) is 0.486. The van der Waals surface area contributed by atoms with Crippen LogP contribution in [0.1, 0.15) is 59.8 Å². The van der Waals surface area contributed by atoms with E-state index in [4.69, 9.17) is 14.2 Å². The van der Waals surface area contributed by atoms with Crippen molar-refractivity contribution in [1.29, 1.82) is 0 Å². The summed E-state index contributed by atoms with van der Waals surface area (Å²) in [4.78, 5) is 61.2. The smallest absolute Gasteiger partial charge is 0.413 e. The van der Waals surface area contributed by atoms with Gasteiger partial charge in [0.05, 0.1) is 18.9 Å². The van der Waals surface area contributed by atoms with Crippen molar-refractivity contribution >= 4 is 44.6 Å². The number of pyridine rings is 1. The number of aromatic nitrogens is 1. The molecule has 278 valence electrons. The summed E-state index contributed by atoms with van der Waals surface area (Å²) in [5, 5.41) is 6.57. The first kappa shape index (κ1) is 36.9. The number of hydrogen-bond acceptors (Lipinski definition) is 10. The van der Waals surface area contributed by atoms with E-state index in [-0.39, 0.29) is 31.1 Å². The minimum Gasteiger partial charge on any atom is -0.497 e. The number of sulfonamides is 1. The van der Waals surface area contributed by atoms with Gasteiger partial charge in [0.2, 0.25) is 27.7 Å². The largest absolute Gasteiger partial charge is 0.497 e. The lowest BCUT2D eigenvalue weighted by molar-refractivity contribution is -0.142. The van der Waals surface area contributed by atoms with Gasteiger partial charge in [0.25, 0.3) is 5.91 Å². The van der Waals surface area contributed by atoms with Crippen molar-refractivity contribution < 1.29 is 41.8 Å². The van der Waals surface area contributed by atoms with E-state index < -0.39 is 68.2 Å². The molecular formula is C37H45N5O9S. The normalized spacial score (nSPS) is 23.3. The summed E-state index contributed by atoms with van der Waals surface area (Å²) in [6, 6.07) is 13.5. The Morgan fingerprint density at radius 3 is 2.35 bits per heavy atom. The highest BCUT2D eigenvalue weighted by molar-refractivity contribution is 7.91. The number of methoxy groups -OCH3 is 1. The number of hydrogen-bond donors (Lipinski definition) is 3. The second-order valence-electron chi connectivity index (χ2n) is 14.8. The molecule has 4 amide bonds. The Morgan fingerprint density at radius 2 is 1.71 bits per heavy atom. The standard InChI is InChI=1S/C37H45N5O9S/c1-6-23-20-37(23,34(45)41-52(47,48)27-15-16-27)40-31(43)29-19-26(50-32-28-10-8-7-9-22(28)17-18-38-32)21-42(29)33(44)30(36(2,3)4)39-35(46)51-25-13-11-24(49-5)12-14-25/h7-14,17-18,23,26-27,29-30H,6,15-16,19-21H2,1-5H3,(H,39,46)(H,40,43)(H,41,45)/t23-,26-,29+,30-,37-/m1/s1. The van der Waals surface area contributed by atoms with Crippen molar-refractivity contribution in [3.05, 3.63) is 60.8 Å². The Labute approximate surface area is 303 Å². The number of nitrogens with one attached hydrogen (secondary N) is 3. The maximum Gasteiger partial charge on any atom is 0.413 e. The van der Waals surface area contributed by atoms with Crippen molar-refractivity contribution in [3.63, 3.8) is 0 Å². The van der Waals surface area contributed by atoms with Crippen LogP contribution in [-0.2, 0) is 24.4 Å². The van der Waals surface area contributed by atoms with Crippen LogP contribution in [0, 0.1) is 11.3 Å². The number of fused-ring (bicyclic) bond motifs is 1. The molecule has 2 saturated carbocycles. The van der Waals surface area contributed by atoms with Crippen LogP contribution in [0.15, 0.2) is 60.8 Å². The molecule has 0 radical (unpaired) electrons. The van der Waals surface area contributed by atoms with Crippen molar-refractivity contribution in [2.24, 2.45) is 11.3 Å². The van der Waals surface area contributed by atoms with Gasteiger partial charge in [0.1, 0.15) is 35.2 Å². The lowest BCUT2D eigenvalue weighted by Crippen LogP contribution is -2.60. The van der Waals surface area contributed by atoms with Crippen LogP contribution in [0.4, 0.5) is 4.79 Å². The number of rotatable bonds is 12. The van der Waals surface area contributed by atoms with E-state index in [1.54, 1.807) is 51.2 Å². The zero-order chi connectivity index (χ0) is 37.4. The fourth-order valence-corrected chi connectivity index (χ4v) is 8.09. The number of ether oxygens (including phenoxy) is 3. The van der Waals surface area contributed by atoms with Gasteiger partial charge in [-0.15, -0.1) is 0 Å². The summed E-state index contributed by atoms with van der Waals surface area (Å²) < 4.78 is 44.6. The van der Waals surface area contributed by atoms with E-state index in [0.29, 0.717) is 30.9 Å². The molecule has 5 atom stereocenters. The quantitative estimate of drug-likeness (QED) is 0.248. The fourth-order valence-electron chi connectivity index (χ4n) is 6.73. The predicted molar refractivity (Wildman–Crippen MR) is 191 cm³/mol. The molecule has 6 rings (SSSR count). The Bertz CT molecular complexity index is 1960. The van der Waals surface area contributed by atoms with Crippen LogP contribution in [0.25, 0.3) is 10.8 Å². The summed E-state index contributed by atoms with van der Waals surface area (Å²) in [6.07, 6.45) is 1.83. The minimum absolute atomic E-state index is 0.0317. The van der Waals surface area contributed by atoms with E-state index in [2.05, 4.69) is 20.3 Å². The Kier molecular flexibility index (Phi) is 10.1. The van der Waals surface area contributed by atoms with E-state index in [1.807, 2.05) is 37.3 Å². The topological polar surface area (TPSA) is 182 Å². The Balaban J connectivity index is 1.26. The van der Waals surface area contributed by atoms with E-state index >= 15 is 0 Å². The summed E-state index contributed by atoms with van der Waals surface area (Å²) >= 11 is 0. The maximum absolute atomic E-state index is 14.5. The summed E-state index contributed by atoms with van der Waals surface area (Å²) in [5.74, 6) is -1.12. The van der Waals surface area contributed by atoms with Gasteiger partial charge in [-0.3, -0.25) is 19.1 Å². The third-order valence-electron chi connectivity index (χ3n) is 9.96. The highest BCUT2D eigenvalue weighted by atomic mass is 32.2. The van der Waals surface area contributed by atoms with Gasteiger partial charge in [0, 0.05) is 18.0 Å². The molecule has 1 saturated heterocycles. The molecule has 0 bridgehead atoms. The molecule has 0 unspecified atom stereocenters. The highest BCUT2D eigenvalue weighted by Crippen LogP contribution is 2.47. The molecule has 52 heavy (non-hydrogen) atoms. The number of carbonyl (C=O) groups excluding carboxylic acids is 4. The summed E-state index contributed by atoms with van der Waals surface area (Å²) in [7, 11) is -2.35. The molecule has 15 heteroatoms. The lowest BCUT2D eigenvalue weighted by Gasteiger charge is -2.35. The van der Waals surface area contributed by atoms with Crippen LogP contribution in [0.5, 0.6) is 17.4 Å². The van der Waals surface area contributed by atoms with Crippen molar-refractivity contribution in [3.8, 4) is 17.4 Å². The number of nitrogens with zero attached hydrogens (tertiary/aromatic N) is 2. The monoisotopic (exact) mass is 735 g/mol. The van der Waals surface area contributed by atoms with Crippen LogP contribution in [-0.4, -0.2) is 84.7 Å². The molecule has 1 aliphatic heterocycles. The first-order valence-corrected chi connectivity index (χ1v) is 19.0. The highest BCUT2D eigenvalue weighted by Gasteiger charge is 2.62. The maximum atomic E-state index is 14.5. The summed E-state index contributed by atoms with van der Waals surface area (Å²) in [6.45, 7) is 7.16. The zero-order valence-electron chi connectivity index (χ0n) is 29.9. The number of carbonyl (C=O) groups is 4. The van der Waals surface area contributed by atoms with Gasteiger partial charge in [-0.25, -0.2) is 18.2 Å². The van der Waals surface area contributed by atoms with Crippen LogP contribution in [0.3, 0.4) is 0 Å². The Morgan fingerprint density at radius 1 is 1.02 bits per heavy atom. The molecular weight excluding hydrogens is 691 g/mol. The molecule has 14 nitrogen and oxygen atoms in total. The minimum atomic E-state index is -3.87. The van der Waals surface area contributed by atoms with Crippen molar-refractivity contribution in [2.75, 3.05) is 13.7 Å². The molecule has 2 heterocycles. The second-order valence-corrected chi connectivity index (χ2v) is 16.7. The predicted octanol–water partition coefficient (Wildman–Crippen LogP) is 3.69. The van der Waals surface area contributed by atoms with Gasteiger partial charge < -0.3 is 29.7 Å². The SMILES string of the molecule is CC[C@@H]1C[C@]1(NC(=O)[C@@H]1C[C@@H](Oc2nccc3ccccc23)CN1C(=O)[C@@H](NC(=O)Oc1ccc(OC)cc1)C(C)(C)C)C(=O)NS(=O)(=O)C1CC1. The van der Waals surface area contributed by atoms with E-state index in [0.717, 1.165) is 10.8 Å². The van der Waals surface area contributed by atoms with Gasteiger partial charge in [0.15, 0.2) is 0 Å². The van der Waals surface area contributed by atoms with Gasteiger partial charge >= 0.3 is 6.09 Å². The van der Waals surface area contributed by atoms with Crippen LogP contribution in [0.2, 0.25) is 0 Å². The van der Waals surface area contributed by atoms with Gasteiger partial charge in [-0.05, 0) is 72.4 Å². The number of likely N-dealkylation sites (tertiary alicyclic amines) is 1. The van der Waals surface area contributed by atoms with Gasteiger partial charge in [-0.1, -0.05) is 52.3 Å². The molecule has 3 aliphatic rings. The van der Waals surface area contributed by atoms with E-state index in [9.17, 15) is 27.6 Å². The van der Waals surface area contributed by atoms with Crippen LogP contribution >= 0.6 is 0 Å². The third-order valence-corrected chi connectivity index (χ3v) is 11.8.